The van der Waals surface area contributed by atoms with E-state index in [1.54, 1.807) is 41.5 Å². The number of hydrogen-bond acceptors (Lipinski definition) is 3. The van der Waals surface area contributed by atoms with E-state index in [-0.39, 0.29) is 0 Å². The highest BCUT2D eigenvalue weighted by atomic mass is 79.9. The molecule has 1 aromatic carbocycles. The van der Waals surface area contributed by atoms with Crippen LogP contribution >= 0.6 is 23.5 Å². The van der Waals surface area contributed by atoms with E-state index in [9.17, 15) is 13.3 Å². The molecule has 0 aromatic heterocycles. The monoisotopic (exact) mass is 398 g/mol. The minimum atomic E-state index is -4.75. The van der Waals surface area contributed by atoms with Crippen molar-refractivity contribution in [2.24, 2.45) is 0 Å². The Morgan fingerprint density at radius 3 is 1.59 bits per heavy atom. The maximum atomic E-state index is 14.9. The summed E-state index contributed by atoms with van der Waals surface area (Å²) in [5, 5.41) is 0. The Kier molecular flexibility index (Phi) is 5.67. The molecule has 0 aliphatic rings. The largest absolute Gasteiger partial charge is 0.405 e. The Labute approximate surface area is 139 Å². The van der Waals surface area contributed by atoms with Gasteiger partial charge in [-0.1, -0.05) is 28.1 Å². The van der Waals surface area contributed by atoms with Crippen molar-refractivity contribution in [1.29, 1.82) is 0 Å². The van der Waals surface area contributed by atoms with Gasteiger partial charge >= 0.3 is 13.3 Å². The molecule has 0 saturated heterocycles. The summed E-state index contributed by atoms with van der Waals surface area (Å²) in [6.07, 6.45) is 0. The van der Waals surface area contributed by atoms with E-state index in [1.807, 2.05) is 0 Å². The van der Waals surface area contributed by atoms with Crippen molar-refractivity contribution >= 4 is 23.5 Å². The van der Waals surface area contributed by atoms with Crippen LogP contribution in [-0.4, -0.2) is 11.2 Å². The molecule has 0 fully saturated rings. The zero-order valence-electron chi connectivity index (χ0n) is 13.6. The molecule has 0 aliphatic carbocycles. The Hall–Kier alpha value is -0.290. The van der Waals surface area contributed by atoms with E-state index >= 15 is 0 Å². The van der Waals surface area contributed by atoms with Crippen LogP contribution in [0.3, 0.4) is 0 Å². The topological polar surface area (TPSA) is 35.5 Å². The predicted octanol–water partition coefficient (Wildman–Crippen LogP) is 6.32. The quantitative estimate of drug-likeness (QED) is 0.556. The first-order valence-electron chi connectivity index (χ1n) is 6.82. The van der Waals surface area contributed by atoms with Gasteiger partial charge < -0.3 is 0 Å². The molecule has 0 saturated carbocycles. The second-order valence-electron chi connectivity index (χ2n) is 6.95. The average Bonchev–Trinajstić information content (AvgIpc) is 2.23. The molecule has 126 valence electrons. The Morgan fingerprint density at radius 2 is 1.27 bits per heavy atom. The highest BCUT2D eigenvalue weighted by Gasteiger charge is 2.58. The summed E-state index contributed by atoms with van der Waals surface area (Å²) in [7, 11) is -4.75. The van der Waals surface area contributed by atoms with Crippen molar-refractivity contribution in [3.05, 3.63) is 34.3 Å². The van der Waals surface area contributed by atoms with Gasteiger partial charge in [0, 0.05) is 10.0 Å². The van der Waals surface area contributed by atoms with E-state index in [4.69, 9.17) is 9.05 Å². The molecule has 7 heteroatoms. The SMILES string of the molecule is CC(C)(C)OP(=O)(OC(C)(C)C)C(F)(F)c1ccc(Br)cc1. The van der Waals surface area contributed by atoms with Crippen molar-refractivity contribution in [3.63, 3.8) is 0 Å². The molecular weight excluding hydrogens is 377 g/mol. The highest BCUT2D eigenvalue weighted by molar-refractivity contribution is 9.10. The summed E-state index contributed by atoms with van der Waals surface area (Å²) in [6.45, 7) is 9.35. The van der Waals surface area contributed by atoms with Crippen LogP contribution in [0, 0.1) is 0 Å². The third-order valence-electron chi connectivity index (χ3n) is 2.32. The standard InChI is InChI=1S/C15H22BrF2O3P/c1-13(2,3)20-22(19,21-14(4,5)6)15(17,18)11-7-9-12(16)10-8-11/h7-10H,1-6H3. The molecule has 1 rings (SSSR count). The van der Waals surface area contributed by atoms with E-state index in [2.05, 4.69) is 15.9 Å². The first kappa shape index (κ1) is 19.8. The molecule has 0 aliphatic heterocycles. The molecule has 3 nitrogen and oxygen atoms in total. The molecule has 0 unspecified atom stereocenters. The van der Waals surface area contributed by atoms with Crippen LogP contribution in [-0.2, 0) is 19.3 Å². The summed E-state index contributed by atoms with van der Waals surface area (Å²) in [5.74, 6) is 0. The lowest BCUT2D eigenvalue weighted by atomic mass is 10.2. The lowest BCUT2D eigenvalue weighted by Crippen LogP contribution is -2.30. The molecule has 1 aromatic rings. The molecule has 22 heavy (non-hydrogen) atoms. The first-order valence-corrected chi connectivity index (χ1v) is 9.15. The van der Waals surface area contributed by atoms with Crippen LogP contribution in [0.1, 0.15) is 47.1 Å². The van der Waals surface area contributed by atoms with Gasteiger partial charge in [0.05, 0.1) is 11.2 Å². The smallest absolute Gasteiger partial charge is 0.298 e. The van der Waals surface area contributed by atoms with Gasteiger partial charge in [0.1, 0.15) is 0 Å². The Morgan fingerprint density at radius 1 is 0.909 bits per heavy atom. The van der Waals surface area contributed by atoms with Gasteiger partial charge in [0.25, 0.3) is 0 Å². The van der Waals surface area contributed by atoms with Gasteiger partial charge in [-0.25, -0.2) is 0 Å². The third-order valence-corrected chi connectivity index (χ3v) is 5.37. The van der Waals surface area contributed by atoms with Crippen LogP contribution in [0.5, 0.6) is 0 Å². The fourth-order valence-corrected chi connectivity index (χ4v) is 4.10. The minimum Gasteiger partial charge on any atom is -0.298 e. The zero-order valence-corrected chi connectivity index (χ0v) is 16.1. The summed E-state index contributed by atoms with van der Waals surface area (Å²) >= 11 is 3.18. The van der Waals surface area contributed by atoms with Crippen LogP contribution in [0.25, 0.3) is 0 Å². The van der Waals surface area contributed by atoms with Crippen LogP contribution < -0.4 is 0 Å². The van der Waals surface area contributed by atoms with Gasteiger partial charge in [-0.15, -0.1) is 0 Å². The Bertz CT molecular complexity index is 540. The van der Waals surface area contributed by atoms with Crippen molar-refractivity contribution in [2.45, 2.75) is 58.4 Å². The number of rotatable bonds is 4. The lowest BCUT2D eigenvalue weighted by molar-refractivity contribution is -0.0213. The van der Waals surface area contributed by atoms with E-state index < -0.39 is 30.0 Å². The van der Waals surface area contributed by atoms with Crippen molar-refractivity contribution < 1.29 is 22.4 Å². The molecular formula is C15H22BrF2O3P. The normalized spacial score (nSPS) is 14.2. The summed E-state index contributed by atoms with van der Waals surface area (Å²) in [6, 6.07) is 5.33. The number of benzene rings is 1. The molecule has 0 N–H and O–H groups in total. The van der Waals surface area contributed by atoms with Crippen molar-refractivity contribution in [3.8, 4) is 0 Å². The molecule has 0 atom stereocenters. The van der Waals surface area contributed by atoms with E-state index in [0.717, 1.165) is 0 Å². The number of hydrogen-bond donors (Lipinski definition) is 0. The van der Waals surface area contributed by atoms with Crippen molar-refractivity contribution in [1.82, 2.24) is 0 Å². The van der Waals surface area contributed by atoms with Crippen LogP contribution in [0.15, 0.2) is 28.7 Å². The second-order valence-corrected chi connectivity index (χ2v) is 9.79. The number of halogens is 3. The molecule has 0 amide bonds. The minimum absolute atomic E-state index is 0.410. The molecule has 0 spiro atoms. The molecule has 0 radical (unpaired) electrons. The first-order chi connectivity index (χ1) is 9.66. The third kappa shape index (κ3) is 5.12. The van der Waals surface area contributed by atoms with Gasteiger partial charge in [0.2, 0.25) is 0 Å². The zero-order chi connectivity index (χ0) is 17.4. The maximum absolute atomic E-state index is 14.9. The van der Waals surface area contributed by atoms with Crippen LogP contribution in [0.4, 0.5) is 8.78 Å². The fourth-order valence-electron chi connectivity index (χ4n) is 1.66. The highest BCUT2D eigenvalue weighted by Crippen LogP contribution is 2.69. The van der Waals surface area contributed by atoms with Crippen molar-refractivity contribution in [2.75, 3.05) is 0 Å². The summed E-state index contributed by atoms with van der Waals surface area (Å²) in [5.41, 5.74) is -6.25. The van der Waals surface area contributed by atoms with E-state index in [0.29, 0.717) is 4.47 Å². The van der Waals surface area contributed by atoms with Crippen LogP contribution in [0.2, 0.25) is 0 Å². The fraction of sp³-hybridized carbons (Fsp3) is 0.600. The number of alkyl halides is 2. The lowest BCUT2D eigenvalue weighted by Gasteiger charge is -2.36. The van der Waals surface area contributed by atoms with Gasteiger partial charge in [0.15, 0.2) is 0 Å². The molecule has 0 bridgehead atoms. The van der Waals surface area contributed by atoms with Gasteiger partial charge in [-0.3, -0.25) is 13.6 Å². The second kappa shape index (κ2) is 6.31. The Balaban J connectivity index is 3.35. The summed E-state index contributed by atoms with van der Waals surface area (Å²) < 4.78 is 53.8. The van der Waals surface area contributed by atoms with E-state index in [1.165, 1.54) is 24.3 Å². The summed E-state index contributed by atoms with van der Waals surface area (Å²) in [4.78, 5) is 0. The maximum Gasteiger partial charge on any atom is 0.405 e. The molecule has 0 heterocycles. The predicted molar refractivity (Wildman–Crippen MR) is 87.3 cm³/mol. The average molecular weight is 399 g/mol. The van der Waals surface area contributed by atoms with Gasteiger partial charge in [-0.05, 0) is 53.7 Å². The van der Waals surface area contributed by atoms with Gasteiger partial charge in [-0.2, -0.15) is 8.78 Å².